The van der Waals surface area contributed by atoms with Crippen molar-refractivity contribution in [2.45, 2.75) is 12.8 Å². The van der Waals surface area contributed by atoms with Gasteiger partial charge in [-0.05, 0) is 48.5 Å². The van der Waals surface area contributed by atoms with Gasteiger partial charge in [-0.2, -0.15) is 0 Å². The number of hydrogen-bond acceptors (Lipinski definition) is 3. The Morgan fingerprint density at radius 1 is 0.880 bits per heavy atom. The number of ketones is 1. The van der Waals surface area contributed by atoms with Gasteiger partial charge in [0.2, 0.25) is 5.91 Å². The summed E-state index contributed by atoms with van der Waals surface area (Å²) in [7, 11) is 3.35. The van der Waals surface area contributed by atoms with Crippen LogP contribution in [0.5, 0.6) is 0 Å². The molecule has 0 aliphatic rings. The number of carbonyl (C=O) groups is 3. The van der Waals surface area contributed by atoms with Crippen molar-refractivity contribution in [1.82, 2.24) is 4.90 Å². The van der Waals surface area contributed by atoms with E-state index in [2.05, 4.69) is 5.32 Å². The third kappa shape index (κ3) is 5.43. The van der Waals surface area contributed by atoms with Crippen LogP contribution in [0.1, 0.15) is 33.6 Å². The first-order valence-corrected chi connectivity index (χ1v) is 8.15. The zero-order chi connectivity index (χ0) is 18.4. The number of anilines is 1. The van der Waals surface area contributed by atoms with Crippen LogP contribution in [-0.4, -0.2) is 36.6 Å². The summed E-state index contributed by atoms with van der Waals surface area (Å²) in [6.07, 6.45) is 0.199. The predicted octanol–water partition coefficient (Wildman–Crippen LogP) is 3.64. The molecule has 0 unspecified atom stereocenters. The van der Waals surface area contributed by atoms with Crippen LogP contribution in [-0.2, 0) is 4.79 Å². The highest BCUT2D eigenvalue weighted by atomic mass is 35.5. The Morgan fingerprint density at radius 2 is 1.44 bits per heavy atom. The van der Waals surface area contributed by atoms with Crippen LogP contribution in [0, 0.1) is 0 Å². The standard InChI is InChI=1S/C19H19ClN2O3/c1-22(2)19(25)14-5-9-16(10-6-14)21-18(24)12-11-17(23)13-3-7-15(20)8-4-13/h3-10H,11-12H2,1-2H3,(H,21,24). The van der Waals surface area contributed by atoms with E-state index in [1.165, 1.54) is 4.90 Å². The van der Waals surface area contributed by atoms with Crippen molar-refractivity contribution in [1.29, 1.82) is 0 Å². The summed E-state index contributed by atoms with van der Waals surface area (Å²) in [5.41, 5.74) is 1.66. The Kier molecular flexibility index (Phi) is 6.31. The molecule has 0 aliphatic carbocycles. The second-order valence-corrected chi connectivity index (χ2v) is 6.19. The number of carbonyl (C=O) groups excluding carboxylic acids is 3. The van der Waals surface area contributed by atoms with Gasteiger partial charge in [-0.15, -0.1) is 0 Å². The van der Waals surface area contributed by atoms with Gasteiger partial charge in [0, 0.05) is 48.8 Å². The largest absolute Gasteiger partial charge is 0.345 e. The maximum Gasteiger partial charge on any atom is 0.253 e. The van der Waals surface area contributed by atoms with Crippen LogP contribution in [0.3, 0.4) is 0 Å². The van der Waals surface area contributed by atoms with E-state index >= 15 is 0 Å². The van der Waals surface area contributed by atoms with Gasteiger partial charge in [0.1, 0.15) is 0 Å². The minimum Gasteiger partial charge on any atom is -0.345 e. The lowest BCUT2D eigenvalue weighted by Gasteiger charge is -2.11. The van der Waals surface area contributed by atoms with Crippen LogP contribution >= 0.6 is 11.6 Å². The van der Waals surface area contributed by atoms with Gasteiger partial charge in [-0.1, -0.05) is 11.6 Å². The highest BCUT2D eigenvalue weighted by Crippen LogP contribution is 2.14. The summed E-state index contributed by atoms with van der Waals surface area (Å²) in [6.45, 7) is 0. The molecule has 0 heterocycles. The summed E-state index contributed by atoms with van der Waals surface area (Å²) < 4.78 is 0. The van der Waals surface area contributed by atoms with Crippen molar-refractivity contribution in [2.75, 3.05) is 19.4 Å². The summed E-state index contributed by atoms with van der Waals surface area (Å²) in [4.78, 5) is 37.3. The molecule has 0 atom stereocenters. The molecule has 0 spiro atoms. The number of hydrogen-bond donors (Lipinski definition) is 1. The van der Waals surface area contributed by atoms with Crippen molar-refractivity contribution < 1.29 is 14.4 Å². The van der Waals surface area contributed by atoms with Crippen LogP contribution in [0.2, 0.25) is 5.02 Å². The lowest BCUT2D eigenvalue weighted by atomic mass is 10.1. The van der Waals surface area contributed by atoms with Crippen molar-refractivity contribution in [3.63, 3.8) is 0 Å². The molecule has 5 nitrogen and oxygen atoms in total. The van der Waals surface area contributed by atoms with Crippen LogP contribution in [0.15, 0.2) is 48.5 Å². The first-order chi connectivity index (χ1) is 11.9. The fourth-order valence-electron chi connectivity index (χ4n) is 2.19. The molecule has 1 N–H and O–H groups in total. The summed E-state index contributed by atoms with van der Waals surface area (Å²) in [6, 6.07) is 13.2. The van der Waals surface area contributed by atoms with Gasteiger partial charge >= 0.3 is 0 Å². The fraction of sp³-hybridized carbons (Fsp3) is 0.211. The molecule has 2 amide bonds. The molecule has 2 aromatic carbocycles. The smallest absolute Gasteiger partial charge is 0.253 e. The van der Waals surface area contributed by atoms with Gasteiger partial charge in [0.25, 0.3) is 5.91 Å². The molecule has 0 radical (unpaired) electrons. The number of Topliss-reactive ketones (excluding diaryl/α,β-unsaturated/α-hetero) is 1. The van der Waals surface area contributed by atoms with Gasteiger partial charge in [0.15, 0.2) is 5.78 Å². The molecule has 2 rings (SSSR count). The van der Waals surface area contributed by atoms with E-state index in [1.807, 2.05) is 0 Å². The van der Waals surface area contributed by atoms with Crippen LogP contribution < -0.4 is 5.32 Å². The Hall–Kier alpha value is -2.66. The third-order valence-corrected chi connectivity index (χ3v) is 3.82. The second-order valence-electron chi connectivity index (χ2n) is 5.76. The maximum absolute atomic E-state index is 12.0. The molecule has 0 aromatic heterocycles. The molecule has 0 bridgehead atoms. The van der Waals surface area contributed by atoms with E-state index in [4.69, 9.17) is 11.6 Å². The molecular weight excluding hydrogens is 340 g/mol. The van der Waals surface area contributed by atoms with Gasteiger partial charge in [-0.25, -0.2) is 0 Å². The number of nitrogens with zero attached hydrogens (tertiary/aromatic N) is 1. The van der Waals surface area contributed by atoms with Crippen molar-refractivity contribution in [2.24, 2.45) is 0 Å². The Balaban J connectivity index is 1.86. The Labute approximate surface area is 151 Å². The minimum absolute atomic E-state index is 0.0832. The molecular formula is C19H19ClN2O3. The second kappa shape index (κ2) is 8.44. The number of rotatable bonds is 6. The normalized spacial score (nSPS) is 10.2. The predicted molar refractivity (Wildman–Crippen MR) is 98.1 cm³/mol. The van der Waals surface area contributed by atoms with Gasteiger partial charge in [0.05, 0.1) is 0 Å². The van der Waals surface area contributed by atoms with Crippen molar-refractivity contribution in [3.05, 3.63) is 64.7 Å². The number of halogens is 1. The van der Waals surface area contributed by atoms with E-state index < -0.39 is 0 Å². The molecule has 0 fully saturated rings. The van der Waals surface area contributed by atoms with E-state index in [0.717, 1.165) is 0 Å². The summed E-state index contributed by atoms with van der Waals surface area (Å²) in [5.74, 6) is -0.473. The van der Waals surface area contributed by atoms with Gasteiger partial charge in [-0.3, -0.25) is 14.4 Å². The Bertz CT molecular complexity index is 768. The monoisotopic (exact) mass is 358 g/mol. The number of benzene rings is 2. The van der Waals surface area contributed by atoms with E-state index in [0.29, 0.717) is 21.8 Å². The quantitative estimate of drug-likeness (QED) is 0.801. The fourth-order valence-corrected chi connectivity index (χ4v) is 2.31. The lowest BCUT2D eigenvalue weighted by molar-refractivity contribution is -0.116. The topological polar surface area (TPSA) is 66.5 Å². The van der Waals surface area contributed by atoms with Gasteiger partial charge < -0.3 is 10.2 Å². The highest BCUT2D eigenvalue weighted by molar-refractivity contribution is 6.30. The molecule has 0 aliphatic heterocycles. The van der Waals surface area contributed by atoms with Crippen molar-refractivity contribution >= 4 is 34.9 Å². The minimum atomic E-state index is -0.256. The first-order valence-electron chi connectivity index (χ1n) is 7.77. The zero-order valence-electron chi connectivity index (χ0n) is 14.1. The average Bonchev–Trinajstić information content (AvgIpc) is 2.60. The average molecular weight is 359 g/mol. The van der Waals surface area contributed by atoms with Crippen molar-refractivity contribution in [3.8, 4) is 0 Å². The molecule has 0 saturated heterocycles. The number of nitrogens with one attached hydrogen (secondary N) is 1. The maximum atomic E-state index is 12.0. The van der Waals surface area contributed by atoms with Crippen LogP contribution in [0.25, 0.3) is 0 Å². The molecule has 2 aromatic rings. The van der Waals surface area contributed by atoms with E-state index in [9.17, 15) is 14.4 Å². The highest BCUT2D eigenvalue weighted by Gasteiger charge is 2.11. The molecule has 25 heavy (non-hydrogen) atoms. The van der Waals surface area contributed by atoms with Crippen LogP contribution in [0.4, 0.5) is 5.69 Å². The third-order valence-electron chi connectivity index (χ3n) is 3.57. The first kappa shape index (κ1) is 18.7. The summed E-state index contributed by atoms with van der Waals surface area (Å²) >= 11 is 5.78. The molecule has 6 heteroatoms. The molecule has 0 saturated carbocycles. The van der Waals surface area contributed by atoms with E-state index in [1.54, 1.807) is 62.6 Å². The van der Waals surface area contributed by atoms with E-state index in [-0.39, 0.29) is 30.4 Å². The SMILES string of the molecule is CN(C)C(=O)c1ccc(NC(=O)CCC(=O)c2ccc(Cl)cc2)cc1. The number of amides is 2. The lowest BCUT2D eigenvalue weighted by Crippen LogP contribution is -2.21. The summed E-state index contributed by atoms with van der Waals surface area (Å²) in [5, 5.41) is 3.28. The zero-order valence-corrected chi connectivity index (χ0v) is 14.8. The molecule has 130 valence electrons. The Morgan fingerprint density at radius 3 is 2.00 bits per heavy atom.